The quantitative estimate of drug-likeness (QED) is 0.269. The van der Waals surface area contributed by atoms with E-state index in [4.69, 9.17) is 0 Å². The Morgan fingerprint density at radius 3 is 2.17 bits per heavy atom. The molecular formula is C22H22N2O4SSe. The van der Waals surface area contributed by atoms with Crippen molar-refractivity contribution < 1.29 is 13.3 Å². The van der Waals surface area contributed by atoms with E-state index in [1.165, 1.54) is 28.7 Å². The molecule has 0 radical (unpaired) electrons. The van der Waals surface area contributed by atoms with Crippen molar-refractivity contribution in [2.45, 2.75) is 29.1 Å². The SMILES string of the molecule is O=[N+]([O-])c1ccccc1S(=O)(=O)N[C@@H](CC[Se]c1ccccc1)Cc1ccccc1. The third-order valence-electron chi connectivity index (χ3n) is 4.48. The molecule has 0 aliphatic rings. The topological polar surface area (TPSA) is 89.3 Å². The van der Waals surface area contributed by atoms with Crippen LogP contribution in [0.15, 0.2) is 89.8 Å². The van der Waals surface area contributed by atoms with Gasteiger partial charge in [-0.3, -0.25) is 0 Å². The van der Waals surface area contributed by atoms with Crippen LogP contribution in [0.4, 0.5) is 5.69 Å². The average molecular weight is 489 g/mol. The van der Waals surface area contributed by atoms with E-state index in [-0.39, 0.29) is 25.9 Å². The number of hydrogen-bond donors (Lipinski definition) is 1. The van der Waals surface area contributed by atoms with Crippen molar-refractivity contribution in [1.29, 1.82) is 0 Å². The molecule has 0 saturated carbocycles. The molecule has 3 rings (SSSR count). The van der Waals surface area contributed by atoms with Gasteiger partial charge in [-0.1, -0.05) is 0 Å². The summed E-state index contributed by atoms with van der Waals surface area (Å²) in [7, 11) is -4.04. The van der Waals surface area contributed by atoms with E-state index in [2.05, 4.69) is 16.9 Å². The van der Waals surface area contributed by atoms with Crippen LogP contribution in [0.25, 0.3) is 0 Å². The molecule has 8 heteroatoms. The zero-order valence-electron chi connectivity index (χ0n) is 16.2. The Hall–Kier alpha value is -2.51. The molecule has 0 heterocycles. The first-order chi connectivity index (χ1) is 14.5. The van der Waals surface area contributed by atoms with Gasteiger partial charge in [0.2, 0.25) is 0 Å². The molecule has 3 aromatic carbocycles. The summed E-state index contributed by atoms with van der Waals surface area (Å²) >= 11 is 0.223. The standard InChI is InChI=1S/C22H22N2O4SSe/c25-24(26)21-13-7-8-14-22(21)29(27,28)23-19(17-18-9-3-1-4-10-18)15-16-30-20-11-5-2-6-12-20/h1-14,19,23H,15-17H2/t19-/m0/s1. The summed E-state index contributed by atoms with van der Waals surface area (Å²) in [6, 6.07) is 24.8. The van der Waals surface area contributed by atoms with Gasteiger partial charge in [-0.2, -0.15) is 0 Å². The molecule has 0 fully saturated rings. The maximum absolute atomic E-state index is 13.0. The fraction of sp³-hybridized carbons (Fsp3) is 0.182. The number of nitrogens with zero attached hydrogens (tertiary/aromatic N) is 1. The molecule has 0 spiro atoms. The molecule has 30 heavy (non-hydrogen) atoms. The van der Waals surface area contributed by atoms with E-state index in [1.54, 1.807) is 0 Å². The second-order valence-corrected chi connectivity index (χ2v) is 10.8. The number of nitro groups is 1. The molecule has 156 valence electrons. The van der Waals surface area contributed by atoms with Crippen LogP contribution in [0.1, 0.15) is 12.0 Å². The maximum atomic E-state index is 13.0. The van der Waals surface area contributed by atoms with Gasteiger partial charge < -0.3 is 0 Å². The van der Waals surface area contributed by atoms with Gasteiger partial charge in [0.15, 0.2) is 0 Å². The molecule has 1 N–H and O–H groups in total. The normalized spacial score (nSPS) is 12.4. The molecule has 0 aliphatic carbocycles. The van der Waals surface area contributed by atoms with E-state index < -0.39 is 20.6 Å². The molecular weight excluding hydrogens is 467 g/mol. The minimum atomic E-state index is -4.04. The van der Waals surface area contributed by atoms with Crippen molar-refractivity contribution in [3.8, 4) is 0 Å². The van der Waals surface area contributed by atoms with Crippen molar-refractivity contribution >= 4 is 35.1 Å². The van der Waals surface area contributed by atoms with Gasteiger partial charge >= 0.3 is 183 Å². The molecule has 0 aliphatic heterocycles. The van der Waals surface area contributed by atoms with Crippen LogP contribution in [-0.2, 0) is 16.4 Å². The third kappa shape index (κ3) is 6.24. The Bertz CT molecular complexity index is 1080. The van der Waals surface area contributed by atoms with Gasteiger partial charge in [-0.05, 0) is 0 Å². The third-order valence-corrected chi connectivity index (χ3v) is 8.24. The van der Waals surface area contributed by atoms with Crippen molar-refractivity contribution in [1.82, 2.24) is 4.72 Å². The fourth-order valence-electron chi connectivity index (χ4n) is 3.06. The first-order valence-corrected chi connectivity index (χ1v) is 13.0. The average Bonchev–Trinajstić information content (AvgIpc) is 2.75. The number of nitro benzene ring substituents is 1. The molecule has 3 aromatic rings. The Balaban J connectivity index is 1.78. The summed E-state index contributed by atoms with van der Waals surface area (Å²) in [5, 5.41) is 12.1. The van der Waals surface area contributed by atoms with Crippen molar-refractivity contribution in [2.24, 2.45) is 0 Å². The molecule has 1 atom stereocenters. The number of rotatable bonds is 10. The zero-order valence-corrected chi connectivity index (χ0v) is 18.7. The van der Waals surface area contributed by atoms with Crippen LogP contribution < -0.4 is 9.18 Å². The molecule has 6 nitrogen and oxygen atoms in total. The van der Waals surface area contributed by atoms with E-state index >= 15 is 0 Å². The van der Waals surface area contributed by atoms with Gasteiger partial charge in [-0.25, -0.2) is 0 Å². The van der Waals surface area contributed by atoms with E-state index in [1.807, 2.05) is 48.5 Å². The molecule has 0 bridgehead atoms. The summed E-state index contributed by atoms with van der Waals surface area (Å²) in [5.74, 6) is 0. The molecule has 0 unspecified atom stereocenters. The van der Waals surface area contributed by atoms with Gasteiger partial charge in [-0.15, -0.1) is 0 Å². The van der Waals surface area contributed by atoms with Crippen LogP contribution in [0.3, 0.4) is 0 Å². The summed E-state index contributed by atoms with van der Waals surface area (Å²) in [5.41, 5.74) is 0.594. The van der Waals surface area contributed by atoms with Crippen LogP contribution >= 0.6 is 0 Å². The fourth-order valence-corrected chi connectivity index (χ4v) is 6.57. The summed E-state index contributed by atoms with van der Waals surface area (Å²) < 4.78 is 29.9. The summed E-state index contributed by atoms with van der Waals surface area (Å²) in [4.78, 5) is 10.3. The van der Waals surface area contributed by atoms with E-state index in [0.717, 1.165) is 10.9 Å². The van der Waals surface area contributed by atoms with Crippen LogP contribution in [0.5, 0.6) is 0 Å². The number of nitrogens with one attached hydrogen (secondary N) is 1. The number of benzene rings is 3. The van der Waals surface area contributed by atoms with Crippen molar-refractivity contribution in [3.05, 3.63) is 101 Å². The molecule has 0 aromatic heterocycles. The number of sulfonamides is 1. The minimum absolute atomic E-state index is 0.223. The Labute approximate surface area is 182 Å². The molecule has 0 saturated heterocycles. The monoisotopic (exact) mass is 490 g/mol. The van der Waals surface area contributed by atoms with Gasteiger partial charge in [0.25, 0.3) is 0 Å². The predicted octanol–water partition coefficient (Wildman–Crippen LogP) is 3.32. The second-order valence-electron chi connectivity index (χ2n) is 6.68. The van der Waals surface area contributed by atoms with Crippen LogP contribution in [-0.4, -0.2) is 34.3 Å². The Morgan fingerprint density at radius 2 is 1.50 bits per heavy atom. The Morgan fingerprint density at radius 1 is 0.900 bits per heavy atom. The van der Waals surface area contributed by atoms with Crippen LogP contribution in [0.2, 0.25) is 5.32 Å². The number of para-hydroxylation sites is 1. The second kappa shape index (κ2) is 10.5. The zero-order chi connectivity index (χ0) is 21.4. The van der Waals surface area contributed by atoms with Gasteiger partial charge in [0, 0.05) is 0 Å². The first kappa shape index (κ1) is 22.2. The Kier molecular flexibility index (Phi) is 7.76. The summed E-state index contributed by atoms with van der Waals surface area (Å²) in [6.07, 6.45) is 1.16. The van der Waals surface area contributed by atoms with E-state index in [9.17, 15) is 18.5 Å². The van der Waals surface area contributed by atoms with Crippen molar-refractivity contribution in [3.63, 3.8) is 0 Å². The predicted molar refractivity (Wildman–Crippen MR) is 119 cm³/mol. The van der Waals surface area contributed by atoms with Gasteiger partial charge in [0.05, 0.1) is 0 Å². The molecule has 0 amide bonds. The van der Waals surface area contributed by atoms with Gasteiger partial charge in [0.1, 0.15) is 0 Å². The van der Waals surface area contributed by atoms with E-state index in [0.29, 0.717) is 12.8 Å². The van der Waals surface area contributed by atoms with Crippen molar-refractivity contribution in [2.75, 3.05) is 0 Å². The number of hydrogen-bond acceptors (Lipinski definition) is 4. The first-order valence-electron chi connectivity index (χ1n) is 9.43. The van der Waals surface area contributed by atoms with Crippen LogP contribution in [0, 0.1) is 10.1 Å². The summed E-state index contributed by atoms with van der Waals surface area (Å²) in [6.45, 7) is 0.